The SMILES string of the molecule is CCC(C)(C(O)CCC(C)(C)OC)N1CCCC1. The minimum Gasteiger partial charge on any atom is -0.391 e. The average molecular weight is 257 g/mol. The van der Waals surface area contributed by atoms with Crippen LogP contribution >= 0.6 is 0 Å². The van der Waals surface area contributed by atoms with Crippen LogP contribution in [0.4, 0.5) is 0 Å². The summed E-state index contributed by atoms with van der Waals surface area (Å²) in [6.45, 7) is 10.8. The van der Waals surface area contributed by atoms with E-state index in [1.165, 1.54) is 12.8 Å². The van der Waals surface area contributed by atoms with Gasteiger partial charge in [0.1, 0.15) is 0 Å². The Balaban J connectivity index is 2.58. The minimum atomic E-state index is -0.268. The number of ether oxygens (including phenoxy) is 1. The first-order valence-corrected chi connectivity index (χ1v) is 7.34. The number of rotatable bonds is 7. The zero-order valence-electron chi connectivity index (χ0n) is 12.8. The molecule has 0 aliphatic carbocycles. The molecule has 3 nitrogen and oxygen atoms in total. The highest BCUT2D eigenvalue weighted by atomic mass is 16.5. The van der Waals surface area contributed by atoms with Crippen molar-refractivity contribution in [2.75, 3.05) is 20.2 Å². The number of likely N-dealkylation sites (tertiary alicyclic amines) is 1. The van der Waals surface area contributed by atoms with Crippen LogP contribution in [0.25, 0.3) is 0 Å². The van der Waals surface area contributed by atoms with Gasteiger partial charge in [0, 0.05) is 12.6 Å². The summed E-state index contributed by atoms with van der Waals surface area (Å²) in [6, 6.07) is 0. The molecule has 1 fully saturated rings. The monoisotopic (exact) mass is 257 g/mol. The summed E-state index contributed by atoms with van der Waals surface area (Å²) < 4.78 is 5.44. The molecule has 2 atom stereocenters. The molecule has 0 aromatic rings. The van der Waals surface area contributed by atoms with Crippen molar-refractivity contribution in [1.82, 2.24) is 4.90 Å². The van der Waals surface area contributed by atoms with E-state index in [2.05, 4.69) is 32.6 Å². The average Bonchev–Trinajstić information content (AvgIpc) is 2.89. The van der Waals surface area contributed by atoms with E-state index in [0.29, 0.717) is 0 Å². The molecule has 0 bridgehead atoms. The molecule has 1 aliphatic heterocycles. The van der Waals surface area contributed by atoms with Gasteiger partial charge in [0.15, 0.2) is 0 Å². The van der Waals surface area contributed by atoms with Crippen molar-refractivity contribution in [3.05, 3.63) is 0 Å². The summed E-state index contributed by atoms with van der Waals surface area (Å²) in [6.07, 6.45) is 4.98. The smallest absolute Gasteiger partial charge is 0.0722 e. The minimum absolute atomic E-state index is 0.0691. The summed E-state index contributed by atoms with van der Waals surface area (Å²) in [5, 5.41) is 10.6. The summed E-state index contributed by atoms with van der Waals surface area (Å²) >= 11 is 0. The second-order valence-corrected chi connectivity index (χ2v) is 6.42. The van der Waals surface area contributed by atoms with Crippen LogP contribution in [-0.2, 0) is 4.74 Å². The van der Waals surface area contributed by atoms with Gasteiger partial charge in [-0.2, -0.15) is 0 Å². The molecule has 1 aliphatic rings. The maximum absolute atomic E-state index is 10.6. The van der Waals surface area contributed by atoms with Gasteiger partial charge in [-0.25, -0.2) is 0 Å². The fourth-order valence-corrected chi connectivity index (χ4v) is 2.80. The maximum atomic E-state index is 10.6. The van der Waals surface area contributed by atoms with E-state index < -0.39 is 0 Å². The molecule has 0 aromatic heterocycles. The van der Waals surface area contributed by atoms with Crippen LogP contribution in [-0.4, -0.2) is 47.4 Å². The van der Waals surface area contributed by atoms with E-state index in [1.54, 1.807) is 7.11 Å². The largest absolute Gasteiger partial charge is 0.391 e. The highest BCUT2D eigenvalue weighted by Crippen LogP contribution is 2.31. The third kappa shape index (κ3) is 3.69. The molecule has 1 rings (SSSR count). The van der Waals surface area contributed by atoms with Gasteiger partial charge in [-0.1, -0.05) is 6.92 Å². The first kappa shape index (κ1) is 15.9. The Morgan fingerprint density at radius 1 is 1.22 bits per heavy atom. The quantitative estimate of drug-likeness (QED) is 0.761. The number of nitrogens with zero attached hydrogens (tertiary/aromatic N) is 1. The van der Waals surface area contributed by atoms with Gasteiger partial charge in [-0.05, 0) is 66.0 Å². The number of hydrogen-bond donors (Lipinski definition) is 1. The molecule has 18 heavy (non-hydrogen) atoms. The normalized spacial score (nSPS) is 23.0. The van der Waals surface area contributed by atoms with Gasteiger partial charge in [-0.3, -0.25) is 4.90 Å². The van der Waals surface area contributed by atoms with Crippen molar-refractivity contribution < 1.29 is 9.84 Å². The van der Waals surface area contributed by atoms with Crippen LogP contribution in [0.2, 0.25) is 0 Å². The molecular weight excluding hydrogens is 226 g/mol. The predicted octanol–water partition coefficient (Wildman–Crippen LogP) is 2.82. The van der Waals surface area contributed by atoms with Gasteiger partial charge < -0.3 is 9.84 Å². The first-order chi connectivity index (χ1) is 8.35. The molecule has 2 unspecified atom stereocenters. The highest BCUT2D eigenvalue weighted by Gasteiger charge is 2.38. The van der Waals surface area contributed by atoms with Crippen LogP contribution in [0.1, 0.15) is 59.8 Å². The number of methoxy groups -OCH3 is 1. The maximum Gasteiger partial charge on any atom is 0.0722 e. The second-order valence-electron chi connectivity index (χ2n) is 6.42. The number of aliphatic hydroxyl groups is 1. The lowest BCUT2D eigenvalue weighted by atomic mass is 9.85. The Morgan fingerprint density at radius 2 is 1.78 bits per heavy atom. The van der Waals surface area contributed by atoms with Crippen molar-refractivity contribution >= 4 is 0 Å². The van der Waals surface area contributed by atoms with Crippen molar-refractivity contribution in [2.24, 2.45) is 0 Å². The lowest BCUT2D eigenvalue weighted by Gasteiger charge is -2.42. The van der Waals surface area contributed by atoms with Crippen LogP contribution in [0, 0.1) is 0 Å². The molecular formula is C15H31NO2. The fraction of sp³-hybridized carbons (Fsp3) is 1.00. The standard InChI is InChI=1S/C15H31NO2/c1-6-15(4,16-11-7-8-12-16)13(17)9-10-14(2,3)18-5/h13,17H,6-12H2,1-5H3. The van der Waals surface area contributed by atoms with E-state index in [9.17, 15) is 5.11 Å². The third-order valence-electron chi connectivity index (χ3n) is 4.83. The van der Waals surface area contributed by atoms with E-state index in [0.717, 1.165) is 32.4 Å². The number of aliphatic hydroxyl groups excluding tert-OH is 1. The Hall–Kier alpha value is -0.120. The van der Waals surface area contributed by atoms with Gasteiger partial charge in [-0.15, -0.1) is 0 Å². The summed E-state index contributed by atoms with van der Waals surface area (Å²) in [5.41, 5.74) is -0.207. The Kier molecular flexibility index (Phi) is 5.63. The topological polar surface area (TPSA) is 32.7 Å². The first-order valence-electron chi connectivity index (χ1n) is 7.34. The van der Waals surface area contributed by atoms with Gasteiger partial charge in [0.2, 0.25) is 0 Å². The highest BCUT2D eigenvalue weighted by molar-refractivity contribution is 4.94. The fourth-order valence-electron chi connectivity index (χ4n) is 2.80. The van der Waals surface area contributed by atoms with E-state index >= 15 is 0 Å². The molecule has 0 aromatic carbocycles. The molecule has 3 heteroatoms. The molecule has 0 radical (unpaired) electrons. The lowest BCUT2D eigenvalue weighted by Crippen LogP contribution is -2.53. The van der Waals surface area contributed by atoms with E-state index in [4.69, 9.17) is 4.74 Å². The zero-order valence-corrected chi connectivity index (χ0v) is 12.8. The van der Waals surface area contributed by atoms with Crippen molar-refractivity contribution in [3.8, 4) is 0 Å². The summed E-state index contributed by atoms with van der Waals surface area (Å²) in [4.78, 5) is 2.47. The van der Waals surface area contributed by atoms with Crippen LogP contribution in [0.3, 0.4) is 0 Å². The zero-order chi connectivity index (χ0) is 13.8. The van der Waals surface area contributed by atoms with Crippen LogP contribution < -0.4 is 0 Å². The van der Waals surface area contributed by atoms with Gasteiger partial charge in [0.25, 0.3) is 0 Å². The molecule has 108 valence electrons. The Bertz CT molecular complexity index is 249. The summed E-state index contributed by atoms with van der Waals surface area (Å²) in [7, 11) is 1.74. The molecule has 1 heterocycles. The van der Waals surface area contributed by atoms with E-state index in [1.807, 2.05) is 0 Å². The number of hydrogen-bond acceptors (Lipinski definition) is 3. The second kappa shape index (κ2) is 6.36. The lowest BCUT2D eigenvalue weighted by molar-refractivity contribution is -0.0413. The summed E-state index contributed by atoms with van der Waals surface area (Å²) in [5.74, 6) is 0. The Labute approximate surface area is 113 Å². The predicted molar refractivity (Wildman–Crippen MR) is 75.8 cm³/mol. The third-order valence-corrected chi connectivity index (χ3v) is 4.83. The van der Waals surface area contributed by atoms with Crippen molar-refractivity contribution in [2.45, 2.75) is 77.0 Å². The van der Waals surface area contributed by atoms with Gasteiger partial charge >= 0.3 is 0 Å². The molecule has 1 N–H and O–H groups in total. The molecule has 0 amide bonds. The van der Waals surface area contributed by atoms with Crippen LogP contribution in [0.15, 0.2) is 0 Å². The van der Waals surface area contributed by atoms with Crippen molar-refractivity contribution in [3.63, 3.8) is 0 Å². The molecule has 0 spiro atoms. The van der Waals surface area contributed by atoms with Gasteiger partial charge in [0.05, 0.1) is 11.7 Å². The molecule has 0 saturated carbocycles. The van der Waals surface area contributed by atoms with E-state index in [-0.39, 0.29) is 17.2 Å². The molecule has 1 saturated heterocycles. The van der Waals surface area contributed by atoms with Crippen molar-refractivity contribution in [1.29, 1.82) is 0 Å². The Morgan fingerprint density at radius 3 is 2.22 bits per heavy atom. The van der Waals surface area contributed by atoms with Crippen LogP contribution in [0.5, 0.6) is 0 Å².